The largest absolute Gasteiger partial charge is 0.253 e. The Morgan fingerprint density at radius 2 is 1.86 bits per heavy atom. The minimum absolute atomic E-state index is 0.276. The first-order chi connectivity index (χ1) is 13.9. The zero-order valence-electron chi connectivity index (χ0n) is 16.7. The second-order valence-electron chi connectivity index (χ2n) is 6.44. The monoisotopic (exact) mass is 428 g/mol. The van der Waals surface area contributed by atoms with Crippen LogP contribution >= 0.6 is 11.3 Å². The van der Waals surface area contributed by atoms with E-state index in [0.717, 1.165) is 11.1 Å². The van der Waals surface area contributed by atoms with E-state index in [4.69, 9.17) is 0 Å². The fourth-order valence-electron chi connectivity index (χ4n) is 2.80. The number of hydrogen-bond donors (Lipinski definition) is 1. The summed E-state index contributed by atoms with van der Waals surface area (Å²) in [4.78, 5) is 4.80. The van der Waals surface area contributed by atoms with Crippen LogP contribution in [0.2, 0.25) is 0 Å². The zero-order chi connectivity index (χ0) is 20.9. The Morgan fingerprint density at radius 3 is 2.55 bits per heavy atom. The predicted octanol–water partition coefficient (Wildman–Crippen LogP) is 4.60. The molecule has 3 rings (SSSR count). The number of aromatic nitrogens is 1. The van der Waals surface area contributed by atoms with Gasteiger partial charge in [-0.2, -0.15) is 9.41 Å². The van der Waals surface area contributed by atoms with Gasteiger partial charge in [-0.25, -0.2) is 13.4 Å². The Kier molecular flexibility index (Phi) is 6.79. The molecule has 0 aliphatic carbocycles. The van der Waals surface area contributed by atoms with Gasteiger partial charge in [0.15, 0.2) is 0 Å². The summed E-state index contributed by atoms with van der Waals surface area (Å²) in [6, 6.07) is 14.9. The molecule has 1 N–H and O–H groups in total. The van der Waals surface area contributed by atoms with Crippen LogP contribution in [0.4, 0.5) is 5.13 Å². The summed E-state index contributed by atoms with van der Waals surface area (Å²) in [7, 11) is -3.50. The van der Waals surface area contributed by atoms with Crippen LogP contribution < -0.4 is 5.43 Å². The zero-order valence-corrected chi connectivity index (χ0v) is 18.3. The molecule has 29 heavy (non-hydrogen) atoms. The first-order valence-corrected chi connectivity index (χ1v) is 11.7. The second-order valence-corrected chi connectivity index (χ2v) is 9.23. The average Bonchev–Trinajstić information content (AvgIpc) is 3.19. The molecule has 152 valence electrons. The summed E-state index contributed by atoms with van der Waals surface area (Å²) in [5, 5.41) is 6.74. The standard InChI is InChI=1S/C21H24N4O2S2/c1-4-25(5-2)29(26,27)19-8-6-7-18(13-19)20-15-28-21(23-20)24-22-14-17-11-9-16(3)10-12-17/h6-15H,4-5H2,1-3H3,(H,23,24)/b22-14+. The van der Waals surface area contributed by atoms with Crippen LogP contribution in [0.3, 0.4) is 0 Å². The van der Waals surface area contributed by atoms with Crippen molar-refractivity contribution in [3.05, 3.63) is 65.0 Å². The molecule has 1 aromatic heterocycles. The maximum Gasteiger partial charge on any atom is 0.243 e. The lowest BCUT2D eigenvalue weighted by Crippen LogP contribution is -2.30. The Balaban J connectivity index is 1.76. The van der Waals surface area contributed by atoms with E-state index >= 15 is 0 Å². The number of rotatable bonds is 8. The molecule has 6 nitrogen and oxygen atoms in total. The highest BCUT2D eigenvalue weighted by Crippen LogP contribution is 2.27. The molecule has 0 unspecified atom stereocenters. The van der Waals surface area contributed by atoms with Gasteiger partial charge in [0.2, 0.25) is 15.2 Å². The number of nitrogens with one attached hydrogen (secondary N) is 1. The van der Waals surface area contributed by atoms with Gasteiger partial charge in [-0.1, -0.05) is 55.8 Å². The lowest BCUT2D eigenvalue weighted by molar-refractivity contribution is 0.445. The minimum atomic E-state index is -3.50. The van der Waals surface area contributed by atoms with Crippen LogP contribution in [0.15, 0.2) is 63.9 Å². The summed E-state index contributed by atoms with van der Waals surface area (Å²) in [6.07, 6.45) is 1.73. The van der Waals surface area contributed by atoms with Crippen LogP contribution in [0.25, 0.3) is 11.3 Å². The van der Waals surface area contributed by atoms with Crippen LogP contribution in [0, 0.1) is 6.92 Å². The number of thiazole rings is 1. The lowest BCUT2D eigenvalue weighted by atomic mass is 10.2. The van der Waals surface area contributed by atoms with E-state index in [9.17, 15) is 8.42 Å². The van der Waals surface area contributed by atoms with Crippen molar-refractivity contribution in [3.8, 4) is 11.3 Å². The number of hydrogen-bond acceptors (Lipinski definition) is 6. The van der Waals surface area contributed by atoms with Crippen molar-refractivity contribution in [1.29, 1.82) is 0 Å². The van der Waals surface area contributed by atoms with Gasteiger partial charge in [0, 0.05) is 24.0 Å². The molecule has 0 radical (unpaired) electrons. The van der Waals surface area contributed by atoms with Crippen molar-refractivity contribution in [3.63, 3.8) is 0 Å². The molecule has 8 heteroatoms. The molecule has 1 heterocycles. The number of anilines is 1. The highest BCUT2D eigenvalue weighted by atomic mass is 32.2. The second kappa shape index (κ2) is 9.30. The third kappa shape index (κ3) is 5.09. The molecule has 0 atom stereocenters. The topological polar surface area (TPSA) is 74.7 Å². The van der Waals surface area contributed by atoms with Crippen molar-refractivity contribution in [1.82, 2.24) is 9.29 Å². The van der Waals surface area contributed by atoms with E-state index in [1.54, 1.807) is 24.4 Å². The van der Waals surface area contributed by atoms with Crippen molar-refractivity contribution >= 4 is 32.7 Å². The van der Waals surface area contributed by atoms with Gasteiger partial charge in [0.25, 0.3) is 0 Å². The summed E-state index contributed by atoms with van der Waals surface area (Å²) < 4.78 is 27.0. The number of nitrogens with zero attached hydrogens (tertiary/aromatic N) is 3. The third-order valence-corrected chi connectivity index (χ3v) is 7.22. The van der Waals surface area contributed by atoms with Gasteiger partial charge in [0.05, 0.1) is 16.8 Å². The van der Waals surface area contributed by atoms with Crippen molar-refractivity contribution < 1.29 is 8.42 Å². The van der Waals surface area contributed by atoms with Crippen LogP contribution in [0.5, 0.6) is 0 Å². The molecule has 0 aliphatic rings. The fourth-order valence-corrected chi connectivity index (χ4v) is 4.97. The van der Waals surface area contributed by atoms with Gasteiger partial charge in [-0.15, -0.1) is 11.3 Å². The number of aryl methyl sites for hydroxylation is 1. The molecule has 0 bridgehead atoms. The molecule has 0 saturated heterocycles. The number of sulfonamides is 1. The van der Waals surface area contributed by atoms with E-state index in [2.05, 4.69) is 15.5 Å². The van der Waals surface area contributed by atoms with Crippen LogP contribution in [-0.2, 0) is 10.0 Å². The minimum Gasteiger partial charge on any atom is -0.253 e. The number of benzene rings is 2. The fraction of sp³-hybridized carbons (Fsp3) is 0.238. The molecule has 0 spiro atoms. The Labute approximate surface area is 176 Å². The van der Waals surface area contributed by atoms with Gasteiger partial charge >= 0.3 is 0 Å². The van der Waals surface area contributed by atoms with Crippen LogP contribution in [0.1, 0.15) is 25.0 Å². The van der Waals surface area contributed by atoms with Crippen LogP contribution in [-0.4, -0.2) is 37.0 Å². The molecule has 0 fully saturated rings. The van der Waals surface area contributed by atoms with E-state index in [-0.39, 0.29) is 4.90 Å². The smallest absolute Gasteiger partial charge is 0.243 e. The highest BCUT2D eigenvalue weighted by Gasteiger charge is 2.22. The maximum atomic E-state index is 12.8. The van der Waals surface area contributed by atoms with Crippen molar-refractivity contribution in [2.24, 2.45) is 5.10 Å². The third-order valence-electron chi connectivity index (χ3n) is 4.43. The molecule has 3 aromatic rings. The first kappa shape index (κ1) is 21.2. The maximum absolute atomic E-state index is 12.8. The number of hydrazone groups is 1. The van der Waals surface area contributed by atoms with E-state index < -0.39 is 10.0 Å². The average molecular weight is 429 g/mol. The molecular formula is C21H24N4O2S2. The van der Waals surface area contributed by atoms with E-state index in [0.29, 0.717) is 23.9 Å². The van der Waals surface area contributed by atoms with Gasteiger partial charge in [0.1, 0.15) is 0 Å². The normalized spacial score (nSPS) is 12.0. The SMILES string of the molecule is CCN(CC)S(=O)(=O)c1cccc(-c2csc(N/N=C/c3ccc(C)cc3)n2)c1. The molecule has 0 saturated carbocycles. The summed E-state index contributed by atoms with van der Waals surface area (Å²) in [6.45, 7) is 6.58. The molecule has 0 aliphatic heterocycles. The van der Waals surface area contributed by atoms with E-state index in [1.807, 2.05) is 56.5 Å². The summed E-state index contributed by atoms with van der Waals surface area (Å²) in [5.41, 5.74) is 6.59. The quantitative estimate of drug-likeness (QED) is 0.420. The summed E-state index contributed by atoms with van der Waals surface area (Å²) in [5.74, 6) is 0. The Bertz CT molecular complexity index is 1090. The van der Waals surface area contributed by atoms with Gasteiger partial charge in [-0.05, 0) is 24.6 Å². The van der Waals surface area contributed by atoms with Crippen molar-refractivity contribution in [2.75, 3.05) is 18.5 Å². The molecule has 2 aromatic carbocycles. The Morgan fingerprint density at radius 1 is 1.14 bits per heavy atom. The lowest BCUT2D eigenvalue weighted by Gasteiger charge is -2.18. The molecule has 0 amide bonds. The predicted molar refractivity (Wildman–Crippen MR) is 120 cm³/mol. The molecular weight excluding hydrogens is 404 g/mol. The van der Waals surface area contributed by atoms with Crippen molar-refractivity contribution in [2.45, 2.75) is 25.7 Å². The highest BCUT2D eigenvalue weighted by molar-refractivity contribution is 7.89. The first-order valence-electron chi connectivity index (χ1n) is 9.36. The van der Waals surface area contributed by atoms with Gasteiger partial charge < -0.3 is 0 Å². The Hall–Kier alpha value is -2.55. The van der Waals surface area contributed by atoms with Gasteiger partial charge in [-0.3, -0.25) is 5.43 Å². The summed E-state index contributed by atoms with van der Waals surface area (Å²) >= 11 is 1.41. The van der Waals surface area contributed by atoms with E-state index in [1.165, 1.54) is 21.2 Å².